The van der Waals surface area contributed by atoms with Gasteiger partial charge in [0, 0.05) is 17.8 Å². The van der Waals surface area contributed by atoms with E-state index < -0.39 is 0 Å². The Labute approximate surface area is 110 Å². The van der Waals surface area contributed by atoms with Gasteiger partial charge in [-0.2, -0.15) is 0 Å². The average molecular weight is 263 g/mol. The number of aromatic nitrogens is 4. The summed E-state index contributed by atoms with van der Waals surface area (Å²) in [5.41, 5.74) is 0.831. The molecular formula is C12H17N5O2. The van der Waals surface area contributed by atoms with Crippen LogP contribution in [0.1, 0.15) is 60.8 Å². The zero-order valence-electron chi connectivity index (χ0n) is 11.4. The van der Waals surface area contributed by atoms with Crippen LogP contribution in [0.25, 0.3) is 0 Å². The van der Waals surface area contributed by atoms with Crippen molar-refractivity contribution in [2.24, 2.45) is 0 Å². The van der Waals surface area contributed by atoms with Crippen molar-refractivity contribution < 1.29 is 9.21 Å². The molecule has 2 rings (SSSR count). The molecule has 1 amide bonds. The van der Waals surface area contributed by atoms with E-state index in [0.717, 1.165) is 5.69 Å². The lowest BCUT2D eigenvalue weighted by Gasteiger charge is -2.08. The highest BCUT2D eigenvalue weighted by Crippen LogP contribution is 2.16. The van der Waals surface area contributed by atoms with Gasteiger partial charge in [-0.15, -0.1) is 10.2 Å². The van der Waals surface area contributed by atoms with Crippen LogP contribution < -0.4 is 5.32 Å². The van der Waals surface area contributed by atoms with Crippen LogP contribution in [0.2, 0.25) is 0 Å². The van der Waals surface area contributed by atoms with Crippen molar-refractivity contribution in [2.45, 2.75) is 39.7 Å². The van der Waals surface area contributed by atoms with E-state index in [4.69, 9.17) is 4.42 Å². The second-order valence-corrected chi connectivity index (χ2v) is 4.74. The van der Waals surface area contributed by atoms with Crippen molar-refractivity contribution >= 4 is 5.91 Å². The van der Waals surface area contributed by atoms with Crippen LogP contribution in [0.4, 0.5) is 0 Å². The molecular weight excluding hydrogens is 246 g/mol. The Kier molecular flexibility index (Phi) is 3.64. The number of amides is 1. The predicted octanol–water partition coefficient (Wildman–Crippen LogP) is 1.72. The van der Waals surface area contributed by atoms with Crippen molar-refractivity contribution in [3.05, 3.63) is 29.5 Å². The predicted molar refractivity (Wildman–Crippen MR) is 67.6 cm³/mol. The molecule has 7 heteroatoms. The lowest BCUT2D eigenvalue weighted by molar-refractivity contribution is 0.0924. The third-order valence-electron chi connectivity index (χ3n) is 2.59. The first-order valence-electron chi connectivity index (χ1n) is 6.13. The fourth-order valence-electron chi connectivity index (χ4n) is 1.51. The van der Waals surface area contributed by atoms with Gasteiger partial charge in [-0.25, -0.2) is 4.98 Å². The second-order valence-electron chi connectivity index (χ2n) is 4.74. The van der Waals surface area contributed by atoms with Crippen molar-refractivity contribution in [2.75, 3.05) is 0 Å². The summed E-state index contributed by atoms with van der Waals surface area (Å²) in [6.07, 6.45) is 1.60. The van der Waals surface area contributed by atoms with Gasteiger partial charge in [0.15, 0.2) is 5.82 Å². The van der Waals surface area contributed by atoms with Gasteiger partial charge in [-0.05, 0) is 13.8 Å². The van der Waals surface area contributed by atoms with Gasteiger partial charge in [0.2, 0.25) is 11.8 Å². The van der Waals surface area contributed by atoms with Crippen LogP contribution in [0.5, 0.6) is 0 Å². The summed E-state index contributed by atoms with van der Waals surface area (Å²) in [6.45, 7) is 7.55. The molecule has 0 fully saturated rings. The summed E-state index contributed by atoms with van der Waals surface area (Å²) >= 11 is 0. The van der Waals surface area contributed by atoms with E-state index in [1.165, 1.54) is 0 Å². The molecule has 0 aromatic carbocycles. The van der Waals surface area contributed by atoms with Crippen molar-refractivity contribution in [3.63, 3.8) is 0 Å². The minimum atomic E-state index is -0.363. The monoisotopic (exact) mass is 263 g/mol. The number of carbonyl (C=O) groups is 1. The Hall–Kier alpha value is -2.18. The molecule has 0 radical (unpaired) electrons. The Morgan fingerprint density at radius 1 is 1.32 bits per heavy atom. The van der Waals surface area contributed by atoms with Gasteiger partial charge in [-0.1, -0.05) is 13.8 Å². The molecule has 0 aliphatic rings. The molecule has 102 valence electrons. The first-order valence-corrected chi connectivity index (χ1v) is 6.13. The van der Waals surface area contributed by atoms with Gasteiger partial charge in [0.05, 0.1) is 0 Å². The number of rotatable bonds is 4. The summed E-state index contributed by atoms with van der Waals surface area (Å²) in [5.74, 6) is 1.08. The number of H-pyrrole nitrogens is 1. The molecule has 7 nitrogen and oxygen atoms in total. The minimum Gasteiger partial charge on any atom is -0.423 e. The maximum atomic E-state index is 11.9. The molecule has 1 atom stereocenters. The third-order valence-corrected chi connectivity index (χ3v) is 2.59. The van der Waals surface area contributed by atoms with Crippen molar-refractivity contribution in [1.82, 2.24) is 25.5 Å². The van der Waals surface area contributed by atoms with E-state index in [9.17, 15) is 4.79 Å². The molecule has 0 spiro atoms. The molecule has 19 heavy (non-hydrogen) atoms. The lowest BCUT2D eigenvalue weighted by atomic mass is 10.2. The van der Waals surface area contributed by atoms with E-state index in [1.54, 1.807) is 13.1 Å². The molecule has 2 aromatic rings. The van der Waals surface area contributed by atoms with Gasteiger partial charge >= 0.3 is 0 Å². The molecule has 0 saturated heterocycles. The largest absolute Gasteiger partial charge is 0.423 e. The summed E-state index contributed by atoms with van der Waals surface area (Å²) in [7, 11) is 0. The van der Waals surface area contributed by atoms with E-state index in [-0.39, 0.29) is 23.7 Å². The van der Waals surface area contributed by atoms with Crippen molar-refractivity contribution in [3.8, 4) is 0 Å². The van der Waals surface area contributed by atoms with Gasteiger partial charge in [0.25, 0.3) is 5.91 Å². The van der Waals surface area contributed by atoms with Gasteiger partial charge in [0.1, 0.15) is 6.04 Å². The molecule has 0 saturated carbocycles. The smallest absolute Gasteiger partial charge is 0.287 e. The summed E-state index contributed by atoms with van der Waals surface area (Å²) in [4.78, 5) is 18.7. The summed E-state index contributed by atoms with van der Waals surface area (Å²) < 4.78 is 5.48. The zero-order chi connectivity index (χ0) is 14.0. The van der Waals surface area contributed by atoms with Crippen LogP contribution in [0, 0.1) is 6.92 Å². The van der Waals surface area contributed by atoms with E-state index in [2.05, 4.69) is 25.5 Å². The highest BCUT2D eigenvalue weighted by Gasteiger charge is 2.19. The Bertz CT molecular complexity index is 572. The molecule has 0 bridgehead atoms. The van der Waals surface area contributed by atoms with Crippen LogP contribution >= 0.6 is 0 Å². The Morgan fingerprint density at radius 2 is 2.00 bits per heavy atom. The molecule has 2 N–H and O–H groups in total. The molecule has 2 heterocycles. The first-order chi connectivity index (χ1) is 8.97. The number of nitrogens with one attached hydrogen (secondary N) is 2. The fourth-order valence-corrected chi connectivity index (χ4v) is 1.51. The van der Waals surface area contributed by atoms with E-state index in [1.807, 2.05) is 20.8 Å². The maximum absolute atomic E-state index is 11.9. The topological polar surface area (TPSA) is 96.7 Å². The SMILES string of the molecule is Cc1cnc(C(=O)N[C@H](C)c2nnc(C(C)C)o2)[nH]1. The Morgan fingerprint density at radius 3 is 2.53 bits per heavy atom. The van der Waals surface area contributed by atoms with Gasteiger partial charge in [-0.3, -0.25) is 4.79 Å². The summed E-state index contributed by atoms with van der Waals surface area (Å²) in [5, 5.41) is 10.6. The number of aryl methyl sites for hydroxylation is 1. The molecule has 0 aliphatic carbocycles. The number of aromatic amines is 1. The fraction of sp³-hybridized carbons (Fsp3) is 0.500. The number of hydrogen-bond donors (Lipinski definition) is 2. The Balaban J connectivity index is 2.04. The lowest BCUT2D eigenvalue weighted by Crippen LogP contribution is -2.27. The van der Waals surface area contributed by atoms with E-state index >= 15 is 0 Å². The zero-order valence-corrected chi connectivity index (χ0v) is 11.4. The number of nitrogens with zero attached hydrogens (tertiary/aromatic N) is 3. The molecule has 2 aromatic heterocycles. The number of carbonyl (C=O) groups excluding carboxylic acids is 1. The van der Waals surface area contributed by atoms with Crippen LogP contribution in [0.15, 0.2) is 10.6 Å². The standard InChI is InChI=1S/C12H17N5O2/c1-6(2)11-16-17-12(19-11)8(4)15-10(18)9-13-5-7(3)14-9/h5-6,8H,1-4H3,(H,13,14)(H,15,18)/t8-/m1/s1. The van der Waals surface area contributed by atoms with Crippen molar-refractivity contribution in [1.29, 1.82) is 0 Å². The van der Waals surface area contributed by atoms with Gasteiger partial charge < -0.3 is 14.7 Å². The molecule has 0 aliphatic heterocycles. The number of imidazole rings is 1. The first kappa shape index (κ1) is 13.3. The molecule has 0 unspecified atom stereocenters. The number of hydrogen-bond acceptors (Lipinski definition) is 5. The average Bonchev–Trinajstić information content (AvgIpc) is 2.96. The van der Waals surface area contributed by atoms with Crippen LogP contribution in [-0.2, 0) is 0 Å². The van der Waals surface area contributed by atoms with E-state index in [0.29, 0.717) is 11.8 Å². The summed E-state index contributed by atoms with van der Waals surface area (Å²) in [6, 6.07) is -0.363. The van der Waals surface area contributed by atoms with Crippen LogP contribution in [0.3, 0.4) is 0 Å². The quantitative estimate of drug-likeness (QED) is 0.875. The maximum Gasteiger partial charge on any atom is 0.287 e. The second kappa shape index (κ2) is 5.21. The minimum absolute atomic E-state index is 0.164. The van der Waals surface area contributed by atoms with Crippen LogP contribution in [-0.4, -0.2) is 26.1 Å². The normalized spacial score (nSPS) is 12.7. The highest BCUT2D eigenvalue weighted by molar-refractivity contribution is 5.90. The highest BCUT2D eigenvalue weighted by atomic mass is 16.4. The third kappa shape index (κ3) is 2.98.